The number of piperazine rings is 1. The van der Waals surface area contributed by atoms with E-state index in [1.807, 2.05) is 0 Å². The Balaban J connectivity index is 1.74. The van der Waals surface area contributed by atoms with E-state index in [1.54, 1.807) is 0 Å². The summed E-state index contributed by atoms with van der Waals surface area (Å²) < 4.78 is 0. The molecular formula is C18H23N3. The van der Waals surface area contributed by atoms with E-state index in [-0.39, 0.29) is 0 Å². The molecule has 1 fully saturated rings. The fourth-order valence-corrected chi connectivity index (χ4v) is 2.85. The molecule has 1 aliphatic rings. The number of rotatable bonds is 3. The Kier molecular flexibility index (Phi) is 4.11. The zero-order chi connectivity index (χ0) is 14.7. The lowest BCUT2D eigenvalue weighted by atomic mass is 10.0. The maximum Gasteiger partial charge on any atom is 0.0498 e. The zero-order valence-electron chi connectivity index (χ0n) is 12.8. The highest BCUT2D eigenvalue weighted by Gasteiger charge is 2.20. The minimum atomic E-state index is 0.411. The summed E-state index contributed by atoms with van der Waals surface area (Å²) in [5, 5.41) is 3.61. The Morgan fingerprint density at radius 1 is 1.00 bits per heavy atom. The van der Waals surface area contributed by atoms with Crippen LogP contribution in [0.3, 0.4) is 0 Å². The topological polar surface area (TPSA) is 18.5 Å². The molecule has 1 N–H and O–H groups in total. The number of hydrogen-bond donors (Lipinski definition) is 1. The first-order valence-corrected chi connectivity index (χ1v) is 7.55. The number of anilines is 2. The molecular weight excluding hydrogens is 258 g/mol. The average Bonchev–Trinajstić information content (AvgIpc) is 2.56. The summed E-state index contributed by atoms with van der Waals surface area (Å²) >= 11 is 0. The van der Waals surface area contributed by atoms with Crippen LogP contribution in [0.15, 0.2) is 54.6 Å². The van der Waals surface area contributed by atoms with Gasteiger partial charge in [-0.15, -0.1) is 0 Å². The van der Waals surface area contributed by atoms with E-state index in [9.17, 15) is 0 Å². The molecule has 0 amide bonds. The molecule has 0 bridgehead atoms. The molecule has 1 unspecified atom stereocenters. The molecule has 21 heavy (non-hydrogen) atoms. The molecule has 0 aliphatic carbocycles. The van der Waals surface area contributed by atoms with Crippen molar-refractivity contribution in [3.05, 3.63) is 60.2 Å². The third-order valence-electron chi connectivity index (χ3n) is 4.11. The standard InChI is InChI=1S/C18H23N3/c1-20(2)16-8-10-17(11-9-16)21-13-12-19-18(14-21)15-6-4-3-5-7-15/h3-11,18-19H,12-14H2,1-2H3. The summed E-state index contributed by atoms with van der Waals surface area (Å²) in [5.41, 5.74) is 3.92. The van der Waals surface area contributed by atoms with E-state index in [0.29, 0.717) is 6.04 Å². The second-order valence-electron chi connectivity index (χ2n) is 5.77. The number of nitrogens with zero attached hydrogens (tertiary/aromatic N) is 2. The molecule has 0 aromatic heterocycles. The van der Waals surface area contributed by atoms with Gasteiger partial charge in [0.2, 0.25) is 0 Å². The summed E-state index contributed by atoms with van der Waals surface area (Å²) in [5.74, 6) is 0. The van der Waals surface area contributed by atoms with Crippen LogP contribution in [-0.4, -0.2) is 33.7 Å². The van der Waals surface area contributed by atoms with Gasteiger partial charge in [0.25, 0.3) is 0 Å². The van der Waals surface area contributed by atoms with Gasteiger partial charge in [-0.2, -0.15) is 0 Å². The summed E-state index contributed by atoms with van der Waals surface area (Å²) in [6.07, 6.45) is 0. The smallest absolute Gasteiger partial charge is 0.0498 e. The molecule has 1 aliphatic heterocycles. The summed E-state index contributed by atoms with van der Waals surface area (Å²) in [6, 6.07) is 19.9. The van der Waals surface area contributed by atoms with Crippen LogP contribution in [0.2, 0.25) is 0 Å². The second-order valence-corrected chi connectivity index (χ2v) is 5.77. The number of nitrogens with one attached hydrogen (secondary N) is 1. The quantitative estimate of drug-likeness (QED) is 0.933. The fourth-order valence-electron chi connectivity index (χ4n) is 2.85. The lowest BCUT2D eigenvalue weighted by molar-refractivity contribution is 0.472. The third-order valence-corrected chi connectivity index (χ3v) is 4.11. The first-order chi connectivity index (χ1) is 10.2. The van der Waals surface area contributed by atoms with Gasteiger partial charge < -0.3 is 15.1 Å². The van der Waals surface area contributed by atoms with E-state index < -0.39 is 0 Å². The van der Waals surface area contributed by atoms with Gasteiger partial charge in [0.15, 0.2) is 0 Å². The van der Waals surface area contributed by atoms with E-state index >= 15 is 0 Å². The normalized spacial score (nSPS) is 18.6. The molecule has 1 atom stereocenters. The number of benzene rings is 2. The predicted molar refractivity (Wildman–Crippen MR) is 90.2 cm³/mol. The molecule has 1 heterocycles. The lowest BCUT2D eigenvalue weighted by Crippen LogP contribution is -2.45. The molecule has 0 saturated carbocycles. The zero-order valence-corrected chi connectivity index (χ0v) is 12.8. The Bertz CT molecular complexity index is 563. The van der Waals surface area contributed by atoms with Crippen LogP contribution >= 0.6 is 0 Å². The second kappa shape index (κ2) is 6.19. The van der Waals surface area contributed by atoms with Crippen molar-refractivity contribution >= 4 is 11.4 Å². The monoisotopic (exact) mass is 281 g/mol. The van der Waals surface area contributed by atoms with Crippen molar-refractivity contribution < 1.29 is 0 Å². The molecule has 110 valence electrons. The first kappa shape index (κ1) is 14.0. The Labute approximate surface area is 127 Å². The molecule has 1 saturated heterocycles. The van der Waals surface area contributed by atoms with Crippen LogP contribution in [0.1, 0.15) is 11.6 Å². The van der Waals surface area contributed by atoms with Crippen molar-refractivity contribution in [2.45, 2.75) is 6.04 Å². The van der Waals surface area contributed by atoms with E-state index in [1.165, 1.54) is 16.9 Å². The van der Waals surface area contributed by atoms with Crippen molar-refractivity contribution in [2.75, 3.05) is 43.5 Å². The van der Waals surface area contributed by atoms with Gasteiger partial charge in [-0.1, -0.05) is 30.3 Å². The van der Waals surface area contributed by atoms with Crippen LogP contribution in [-0.2, 0) is 0 Å². The Morgan fingerprint density at radius 3 is 2.38 bits per heavy atom. The SMILES string of the molecule is CN(C)c1ccc(N2CCNC(c3ccccc3)C2)cc1. The van der Waals surface area contributed by atoms with Crippen molar-refractivity contribution in [3.63, 3.8) is 0 Å². The van der Waals surface area contributed by atoms with Gasteiger partial charge >= 0.3 is 0 Å². The maximum atomic E-state index is 3.61. The largest absolute Gasteiger partial charge is 0.378 e. The average molecular weight is 281 g/mol. The van der Waals surface area contributed by atoms with E-state index in [2.05, 4.69) is 83.8 Å². The van der Waals surface area contributed by atoms with Gasteiger partial charge in [0.05, 0.1) is 0 Å². The van der Waals surface area contributed by atoms with Crippen molar-refractivity contribution in [1.82, 2.24) is 5.32 Å². The molecule has 0 spiro atoms. The Hall–Kier alpha value is -2.00. The van der Waals surface area contributed by atoms with Gasteiger partial charge in [-0.05, 0) is 29.8 Å². The van der Waals surface area contributed by atoms with Crippen LogP contribution < -0.4 is 15.1 Å². The highest BCUT2D eigenvalue weighted by atomic mass is 15.2. The van der Waals surface area contributed by atoms with Gasteiger partial charge in [-0.3, -0.25) is 0 Å². The summed E-state index contributed by atoms with van der Waals surface area (Å²) in [7, 11) is 4.15. The predicted octanol–water partition coefficient (Wildman–Crippen LogP) is 2.90. The lowest BCUT2D eigenvalue weighted by Gasteiger charge is -2.35. The minimum Gasteiger partial charge on any atom is -0.378 e. The summed E-state index contributed by atoms with van der Waals surface area (Å²) in [6.45, 7) is 3.10. The van der Waals surface area contributed by atoms with Crippen LogP contribution in [0.25, 0.3) is 0 Å². The highest BCUT2D eigenvalue weighted by molar-refractivity contribution is 5.56. The minimum absolute atomic E-state index is 0.411. The third kappa shape index (κ3) is 3.19. The van der Waals surface area contributed by atoms with Gasteiger partial charge in [0.1, 0.15) is 0 Å². The van der Waals surface area contributed by atoms with Crippen molar-refractivity contribution in [1.29, 1.82) is 0 Å². The maximum absolute atomic E-state index is 3.61. The van der Waals surface area contributed by atoms with Gasteiger partial charge in [-0.25, -0.2) is 0 Å². The fraction of sp³-hybridized carbons (Fsp3) is 0.333. The van der Waals surface area contributed by atoms with E-state index in [4.69, 9.17) is 0 Å². The van der Waals surface area contributed by atoms with Crippen molar-refractivity contribution in [3.8, 4) is 0 Å². The molecule has 2 aromatic carbocycles. The van der Waals surface area contributed by atoms with Crippen LogP contribution in [0.5, 0.6) is 0 Å². The van der Waals surface area contributed by atoms with Crippen molar-refractivity contribution in [2.24, 2.45) is 0 Å². The van der Waals surface area contributed by atoms with E-state index in [0.717, 1.165) is 19.6 Å². The molecule has 3 nitrogen and oxygen atoms in total. The summed E-state index contributed by atoms with van der Waals surface area (Å²) in [4.78, 5) is 4.60. The van der Waals surface area contributed by atoms with Crippen LogP contribution in [0, 0.1) is 0 Å². The van der Waals surface area contributed by atoms with Crippen LogP contribution in [0.4, 0.5) is 11.4 Å². The molecule has 3 heteroatoms. The molecule has 2 aromatic rings. The first-order valence-electron chi connectivity index (χ1n) is 7.55. The Morgan fingerprint density at radius 2 is 1.71 bits per heavy atom. The molecule has 0 radical (unpaired) electrons. The molecule has 3 rings (SSSR count). The highest BCUT2D eigenvalue weighted by Crippen LogP contribution is 2.24. The van der Waals surface area contributed by atoms with Gasteiger partial charge in [0, 0.05) is 51.1 Å². The number of hydrogen-bond acceptors (Lipinski definition) is 3.